The molecule has 0 bridgehead atoms. The molecule has 34 nitrogen and oxygen atoms in total. The topological polar surface area (TPSA) is 544 Å². The number of nitrogens with one attached hydrogen (secondary N) is 14. The largest absolute Gasteiger partial charge is 0.444 e. The molecule has 0 saturated carbocycles. The molecule has 548 valence electrons. The van der Waals surface area contributed by atoms with Gasteiger partial charge in [0.2, 0.25) is 70.9 Å². The number of nitrogens with two attached hydrogens (primary N) is 2. The molecule has 1 aliphatic rings. The van der Waals surface area contributed by atoms with E-state index >= 15 is 9.59 Å². The number of carbonyl (C=O) groups excluding carboxylic acids is 13. The van der Waals surface area contributed by atoms with E-state index < -0.39 is 221 Å². The minimum atomic E-state index is -2.56. The van der Waals surface area contributed by atoms with Crippen LogP contribution in [0.1, 0.15) is 163 Å². The van der Waals surface area contributed by atoms with E-state index in [1.54, 1.807) is 90.0 Å². The van der Waals surface area contributed by atoms with E-state index in [9.17, 15) is 73.2 Å². The summed E-state index contributed by atoms with van der Waals surface area (Å²) in [6.07, 6.45) is -7.22. The standard InChI is InChI=1S/C62H112N16O18/c1-19-31(8)40-54(91)76-41(32(9)80)53(90)67-26-38(81)73-44(46(83)47(63)84)57(94)71-37(27-79)52(89)74-39(29(4)5)42(77-51(88)35(24-60(10,11)12)70-50(87)36(25-61(13,14)15)72-59(95)96-62(16,17)18)55(92)78-43(45(82)30(6)7)56(93)69-34(23-28(2)3)49(86)68-33(48(85)75-40)21-20-22-66-58(64)65/h28-37,39-46,79-80,82-83H,19-27H2,1-18H3,(H2,63,84)(H,67,90)(H,68,86)(H,69,93)(H,70,87)(H,71,94)(H,72,95)(H,73,81)(H,74,89)(H,75,85)(H,76,91)(H,77,88)(H,78,92)(H4,64,65,66)/t31-,32-,33+,34-,35-,36+,37?,39+,40-,41-,42-,43-,44?,45+,46-/m0/s1. The summed E-state index contributed by atoms with van der Waals surface area (Å²) in [4.78, 5) is 185. The van der Waals surface area contributed by atoms with Crippen molar-refractivity contribution in [2.75, 3.05) is 19.7 Å². The Morgan fingerprint density at radius 2 is 1.09 bits per heavy atom. The van der Waals surface area contributed by atoms with Gasteiger partial charge in [-0.1, -0.05) is 103 Å². The number of ether oxygens (including phenoxy) is 1. The molecule has 96 heavy (non-hydrogen) atoms. The van der Waals surface area contributed by atoms with Crippen molar-refractivity contribution in [1.29, 1.82) is 5.41 Å². The van der Waals surface area contributed by atoms with Crippen molar-refractivity contribution in [2.45, 2.75) is 254 Å². The normalized spacial score (nSPS) is 24.3. The number of aliphatic hydroxyl groups is 4. The minimum absolute atomic E-state index is 0.00953. The second-order valence-corrected chi connectivity index (χ2v) is 29.0. The lowest BCUT2D eigenvalue weighted by Gasteiger charge is -2.36. The second kappa shape index (κ2) is 38.7. The highest BCUT2D eigenvalue weighted by molar-refractivity contribution is 6.01. The van der Waals surface area contributed by atoms with Gasteiger partial charge in [0, 0.05) is 6.54 Å². The van der Waals surface area contributed by atoms with Crippen molar-refractivity contribution in [2.24, 2.45) is 46.0 Å². The molecule has 2 unspecified atom stereocenters. The van der Waals surface area contributed by atoms with Crippen LogP contribution >= 0.6 is 0 Å². The summed E-state index contributed by atoms with van der Waals surface area (Å²) in [5.74, 6) is -17.7. The number of amides is 13. The maximum Gasteiger partial charge on any atom is 0.408 e. The Bertz CT molecular complexity index is 2710. The lowest BCUT2D eigenvalue weighted by atomic mass is 9.86. The molecule has 1 fully saturated rings. The van der Waals surface area contributed by atoms with E-state index in [0.717, 1.165) is 6.92 Å². The van der Waals surface area contributed by atoms with Crippen molar-refractivity contribution in [1.82, 2.24) is 69.1 Å². The van der Waals surface area contributed by atoms with Crippen LogP contribution < -0.4 is 80.6 Å². The summed E-state index contributed by atoms with van der Waals surface area (Å²) in [5, 5.41) is 83.8. The van der Waals surface area contributed by atoms with E-state index in [-0.39, 0.29) is 45.1 Å². The zero-order valence-corrected chi connectivity index (χ0v) is 58.9. The molecule has 0 radical (unpaired) electrons. The highest BCUT2D eigenvalue weighted by atomic mass is 16.6. The third-order valence-electron chi connectivity index (χ3n) is 15.1. The molecule has 1 heterocycles. The predicted molar refractivity (Wildman–Crippen MR) is 351 cm³/mol. The fourth-order valence-electron chi connectivity index (χ4n) is 9.82. The predicted octanol–water partition coefficient (Wildman–Crippen LogP) is -4.02. The van der Waals surface area contributed by atoms with E-state index in [1.165, 1.54) is 27.7 Å². The molecular weight excluding hydrogens is 1260 g/mol. The van der Waals surface area contributed by atoms with Gasteiger partial charge in [0.15, 0.2) is 12.1 Å². The number of primary amides is 1. The van der Waals surface area contributed by atoms with E-state index in [1.807, 2.05) is 5.32 Å². The van der Waals surface area contributed by atoms with Gasteiger partial charge < -0.3 is 106 Å². The van der Waals surface area contributed by atoms with Gasteiger partial charge in [0.1, 0.15) is 66.0 Å². The Morgan fingerprint density at radius 1 is 0.604 bits per heavy atom. The third-order valence-corrected chi connectivity index (χ3v) is 15.1. The lowest BCUT2D eigenvalue weighted by Crippen LogP contribution is -2.68. The van der Waals surface area contributed by atoms with Crippen molar-refractivity contribution < 1.29 is 87.5 Å². The number of guanidine groups is 1. The summed E-state index contributed by atoms with van der Waals surface area (Å²) < 4.78 is 5.45. The average molecular weight is 1370 g/mol. The minimum Gasteiger partial charge on any atom is -0.444 e. The first kappa shape index (κ1) is 86.0. The maximum atomic E-state index is 15.4. The van der Waals surface area contributed by atoms with Crippen LogP contribution in [0.25, 0.3) is 0 Å². The van der Waals surface area contributed by atoms with E-state index in [4.69, 9.17) is 21.6 Å². The van der Waals surface area contributed by atoms with Gasteiger partial charge in [0.25, 0.3) is 0 Å². The first-order chi connectivity index (χ1) is 44.0. The van der Waals surface area contributed by atoms with Gasteiger partial charge in [0.05, 0.1) is 31.4 Å². The number of alkyl carbamates (subject to hydrolysis) is 1. The number of carbonyl (C=O) groups is 13. The Hall–Kier alpha value is -7.98. The summed E-state index contributed by atoms with van der Waals surface area (Å²) in [7, 11) is 0. The SMILES string of the molecule is CC[C@H](C)[C@@H]1NC(=O)[C@@H](CCCNC(=N)N)NC(=O)[C@H](CC(C)C)NC(=O)[C@H]([C@H](O)C(C)C)NC(=O)[C@@H](NC(=O)[C@H](CC(C)(C)C)NC(=O)[C@@H](CC(C)(C)C)NC(=O)OC(C)(C)C)[C@@H](C(C)C)NC(=O)C(CO)NC(=O)C([C@H](O)C(N)=O)NC(=O)CNC(=O)[C@H]([C@H](C)O)NC1=O. The van der Waals surface area contributed by atoms with Gasteiger partial charge in [-0.25, -0.2) is 4.79 Å². The monoisotopic (exact) mass is 1370 g/mol. The second-order valence-electron chi connectivity index (χ2n) is 29.0. The van der Waals surface area contributed by atoms with Gasteiger partial charge in [-0.3, -0.25) is 62.9 Å². The van der Waals surface area contributed by atoms with Gasteiger partial charge in [-0.2, -0.15) is 0 Å². The first-order valence-electron chi connectivity index (χ1n) is 32.4. The Kier molecular flexibility index (Phi) is 34.7. The summed E-state index contributed by atoms with van der Waals surface area (Å²) >= 11 is 0. The summed E-state index contributed by atoms with van der Waals surface area (Å²) in [6.45, 7) is 26.7. The molecular formula is C62H112N16O18. The third kappa shape index (κ3) is 30.4. The maximum absolute atomic E-state index is 15.4. The molecule has 0 aromatic carbocycles. The van der Waals surface area contributed by atoms with Crippen molar-refractivity contribution in [3.63, 3.8) is 0 Å². The quantitative estimate of drug-likeness (QED) is 0.0279. The highest BCUT2D eigenvalue weighted by Crippen LogP contribution is 2.25. The fraction of sp³-hybridized carbons (Fsp3) is 0.774. The molecule has 0 aromatic rings. The Balaban J connectivity index is 4.55. The van der Waals surface area contributed by atoms with Crippen LogP contribution in [0.4, 0.5) is 4.79 Å². The molecule has 1 aliphatic heterocycles. The zero-order chi connectivity index (χ0) is 74.2. The van der Waals surface area contributed by atoms with Crippen LogP contribution in [-0.4, -0.2) is 213 Å². The Morgan fingerprint density at radius 3 is 1.57 bits per heavy atom. The van der Waals surface area contributed by atoms with Crippen LogP contribution in [-0.2, 0) is 62.3 Å². The van der Waals surface area contributed by atoms with Crippen molar-refractivity contribution in [3.8, 4) is 0 Å². The smallest absolute Gasteiger partial charge is 0.408 e. The number of hydrogen-bond acceptors (Lipinski definition) is 19. The molecule has 34 heteroatoms. The average Bonchev–Trinajstić information content (AvgIpc) is 1.00. The zero-order valence-electron chi connectivity index (χ0n) is 58.9. The molecule has 0 spiro atoms. The summed E-state index contributed by atoms with van der Waals surface area (Å²) in [6, 6.07) is -19.6. The molecule has 1 saturated heterocycles. The van der Waals surface area contributed by atoms with Gasteiger partial charge in [-0.15, -0.1) is 0 Å². The van der Waals surface area contributed by atoms with Crippen LogP contribution in [0.15, 0.2) is 0 Å². The van der Waals surface area contributed by atoms with E-state index in [0.29, 0.717) is 0 Å². The van der Waals surface area contributed by atoms with Gasteiger partial charge in [-0.05, 0) is 94.3 Å². The molecule has 0 aromatic heterocycles. The molecule has 13 amide bonds. The molecule has 15 atom stereocenters. The van der Waals surface area contributed by atoms with E-state index in [2.05, 4.69) is 63.8 Å². The van der Waals surface area contributed by atoms with Crippen LogP contribution in [0.5, 0.6) is 0 Å². The molecule has 0 aliphatic carbocycles. The molecule has 1 rings (SSSR count). The van der Waals surface area contributed by atoms with Crippen molar-refractivity contribution in [3.05, 3.63) is 0 Å². The fourth-order valence-corrected chi connectivity index (χ4v) is 9.82. The van der Waals surface area contributed by atoms with Crippen LogP contribution in [0.2, 0.25) is 0 Å². The van der Waals surface area contributed by atoms with Crippen LogP contribution in [0.3, 0.4) is 0 Å². The van der Waals surface area contributed by atoms with Crippen molar-refractivity contribution >= 4 is 82.9 Å². The highest BCUT2D eigenvalue weighted by Gasteiger charge is 2.44. The number of rotatable bonds is 22. The lowest BCUT2D eigenvalue weighted by molar-refractivity contribution is -0.140. The van der Waals surface area contributed by atoms with Gasteiger partial charge >= 0.3 is 6.09 Å². The Labute approximate surface area is 562 Å². The van der Waals surface area contributed by atoms with Crippen LogP contribution in [0, 0.1) is 39.9 Å². The number of hydrogen-bond donors (Lipinski definition) is 20. The number of aliphatic hydroxyl groups excluding tert-OH is 4. The summed E-state index contributed by atoms with van der Waals surface area (Å²) in [5.41, 5.74) is 8.46. The first-order valence-corrected chi connectivity index (χ1v) is 32.4. The molecule has 22 N–H and O–H groups in total.